The molecular weight excluding hydrogens is 527 g/mol. The summed E-state index contributed by atoms with van der Waals surface area (Å²) in [6.07, 6.45) is 1.06. The minimum absolute atomic E-state index is 0.0741. The van der Waals surface area contributed by atoms with Crippen molar-refractivity contribution in [2.24, 2.45) is 0 Å². The molecule has 3 heterocycles. The van der Waals surface area contributed by atoms with Gasteiger partial charge in [0, 0.05) is 46.4 Å². The Morgan fingerprint density at radius 2 is 1.79 bits per heavy atom. The molecule has 5 rings (SSSR count). The third-order valence-electron chi connectivity index (χ3n) is 7.92. The summed E-state index contributed by atoms with van der Waals surface area (Å²) in [6, 6.07) is 10.6. The first-order chi connectivity index (χ1) is 18.1. The normalized spacial score (nSPS) is 19.0. The largest absolute Gasteiger partial charge is 0.416 e. The molecular formula is C30H37ClF3N3S. The molecule has 8 heteroatoms. The second kappa shape index (κ2) is 12.4. The summed E-state index contributed by atoms with van der Waals surface area (Å²) < 4.78 is 39.4. The van der Waals surface area contributed by atoms with Gasteiger partial charge in [-0.05, 0) is 99.4 Å². The van der Waals surface area contributed by atoms with Crippen LogP contribution in [-0.4, -0.2) is 54.0 Å². The van der Waals surface area contributed by atoms with Crippen molar-refractivity contribution in [2.75, 3.05) is 49.5 Å². The molecule has 3 nitrogen and oxygen atoms in total. The molecule has 0 atom stereocenters. The lowest BCUT2D eigenvalue weighted by molar-refractivity contribution is -0.138. The van der Waals surface area contributed by atoms with Gasteiger partial charge < -0.3 is 15.1 Å². The Balaban J connectivity index is 0.000000360. The van der Waals surface area contributed by atoms with E-state index in [0.717, 1.165) is 60.9 Å². The molecule has 0 saturated carbocycles. The summed E-state index contributed by atoms with van der Waals surface area (Å²) in [5.41, 5.74) is 3.80. The molecule has 1 N–H and O–H groups in total. The number of piperidine rings is 1. The number of nitrogens with one attached hydrogen (secondary N) is 1. The van der Waals surface area contributed by atoms with E-state index in [0.29, 0.717) is 6.42 Å². The first-order valence-electron chi connectivity index (χ1n) is 13.2. The van der Waals surface area contributed by atoms with E-state index in [1.807, 2.05) is 42.2 Å². The summed E-state index contributed by atoms with van der Waals surface area (Å²) in [4.78, 5) is 4.66. The summed E-state index contributed by atoms with van der Waals surface area (Å²) in [7, 11) is 0. The first kappa shape index (κ1) is 28.9. The topological polar surface area (TPSA) is 18.5 Å². The van der Waals surface area contributed by atoms with Gasteiger partial charge in [-0.25, -0.2) is 0 Å². The fraction of sp³-hybridized carbons (Fsp3) is 0.467. The minimum atomic E-state index is -4.29. The van der Waals surface area contributed by atoms with E-state index in [-0.39, 0.29) is 11.0 Å². The van der Waals surface area contributed by atoms with Crippen molar-refractivity contribution in [3.8, 4) is 0 Å². The molecule has 2 fully saturated rings. The molecule has 2 aromatic rings. The molecule has 3 aliphatic heterocycles. The lowest BCUT2D eigenvalue weighted by atomic mass is 9.72. The van der Waals surface area contributed by atoms with E-state index in [4.69, 9.17) is 11.6 Å². The van der Waals surface area contributed by atoms with Gasteiger partial charge in [0.25, 0.3) is 0 Å². The summed E-state index contributed by atoms with van der Waals surface area (Å²) in [5.74, 6) is 2.54. The van der Waals surface area contributed by atoms with E-state index in [1.54, 1.807) is 6.07 Å². The van der Waals surface area contributed by atoms with Crippen LogP contribution in [0.3, 0.4) is 0 Å². The molecule has 206 valence electrons. The fourth-order valence-corrected chi connectivity index (χ4v) is 6.70. The zero-order chi connectivity index (χ0) is 27.3. The van der Waals surface area contributed by atoms with Gasteiger partial charge in [0.1, 0.15) is 0 Å². The van der Waals surface area contributed by atoms with Crippen LogP contribution in [-0.2, 0) is 18.0 Å². The lowest BCUT2D eigenvalue weighted by Crippen LogP contribution is -2.43. The highest BCUT2D eigenvalue weighted by molar-refractivity contribution is 7.99. The van der Waals surface area contributed by atoms with Crippen molar-refractivity contribution in [3.63, 3.8) is 0 Å². The quantitative estimate of drug-likeness (QED) is 0.401. The van der Waals surface area contributed by atoms with Gasteiger partial charge >= 0.3 is 6.18 Å². The van der Waals surface area contributed by atoms with Crippen LogP contribution in [0.15, 0.2) is 61.5 Å². The fourth-order valence-electron chi connectivity index (χ4n) is 5.59. The second-order valence-corrected chi connectivity index (χ2v) is 12.0. The molecule has 2 aromatic carbocycles. The van der Waals surface area contributed by atoms with Crippen molar-refractivity contribution in [1.29, 1.82) is 0 Å². The number of allylic oxidation sites excluding steroid dienone is 1. The maximum absolute atomic E-state index is 13.1. The van der Waals surface area contributed by atoms with E-state index in [1.165, 1.54) is 43.1 Å². The molecule has 0 aromatic heterocycles. The molecule has 0 unspecified atom stereocenters. The summed E-state index contributed by atoms with van der Waals surface area (Å²) in [5, 5.41) is 4.16. The second-order valence-electron chi connectivity index (χ2n) is 10.3. The number of hydrogen-bond donors (Lipinski definition) is 1. The number of nitrogens with zero attached hydrogens (tertiary/aromatic N) is 2. The van der Waals surface area contributed by atoms with Crippen molar-refractivity contribution in [3.05, 3.63) is 88.7 Å². The van der Waals surface area contributed by atoms with Gasteiger partial charge in [-0.1, -0.05) is 36.9 Å². The Bertz CT molecular complexity index is 1140. The molecule has 2 saturated heterocycles. The number of thioether (sulfide) groups is 1. The van der Waals surface area contributed by atoms with Crippen LogP contribution < -0.4 is 5.32 Å². The predicted octanol–water partition coefficient (Wildman–Crippen LogP) is 7.75. The van der Waals surface area contributed by atoms with Gasteiger partial charge in [-0.3, -0.25) is 0 Å². The molecule has 1 spiro atoms. The highest BCUT2D eigenvalue weighted by atomic mass is 35.5. The highest BCUT2D eigenvalue weighted by Crippen LogP contribution is 2.50. The van der Waals surface area contributed by atoms with E-state index in [9.17, 15) is 13.2 Å². The predicted molar refractivity (Wildman–Crippen MR) is 155 cm³/mol. The average molecular weight is 564 g/mol. The number of alkyl halides is 3. The minimum Gasteiger partial charge on any atom is -0.376 e. The maximum atomic E-state index is 13.1. The van der Waals surface area contributed by atoms with Gasteiger partial charge in [-0.15, -0.1) is 0 Å². The molecule has 38 heavy (non-hydrogen) atoms. The Morgan fingerprint density at radius 1 is 1.08 bits per heavy atom. The van der Waals surface area contributed by atoms with Crippen LogP contribution in [0.2, 0.25) is 5.02 Å². The van der Waals surface area contributed by atoms with E-state index >= 15 is 0 Å². The van der Waals surface area contributed by atoms with Gasteiger partial charge in [-0.2, -0.15) is 24.9 Å². The number of halogens is 4. The number of aryl methyl sites for hydroxylation is 2. The van der Waals surface area contributed by atoms with Crippen LogP contribution in [0.4, 0.5) is 18.9 Å². The SMILES string of the molecule is C=C1Nc2ccc(Cl)cc2C12CCN(CCCc1ccc(C)c(C(F)(F)F)c1)CC2.C=CN1CCSCC1. The number of benzene rings is 2. The van der Waals surface area contributed by atoms with Crippen molar-refractivity contribution in [1.82, 2.24) is 9.80 Å². The maximum Gasteiger partial charge on any atom is 0.416 e. The smallest absolute Gasteiger partial charge is 0.376 e. The summed E-state index contributed by atoms with van der Waals surface area (Å²) in [6.45, 7) is 14.6. The lowest BCUT2D eigenvalue weighted by Gasteiger charge is -2.40. The van der Waals surface area contributed by atoms with Crippen LogP contribution >= 0.6 is 23.4 Å². The van der Waals surface area contributed by atoms with Crippen molar-refractivity contribution in [2.45, 2.75) is 44.2 Å². The van der Waals surface area contributed by atoms with Crippen LogP contribution in [0.5, 0.6) is 0 Å². The zero-order valence-electron chi connectivity index (χ0n) is 22.0. The van der Waals surface area contributed by atoms with Crippen molar-refractivity contribution >= 4 is 29.1 Å². The highest BCUT2D eigenvalue weighted by Gasteiger charge is 2.44. The Labute approximate surface area is 234 Å². The van der Waals surface area contributed by atoms with Gasteiger partial charge in [0.05, 0.1) is 5.56 Å². The summed E-state index contributed by atoms with van der Waals surface area (Å²) >= 11 is 8.26. The third kappa shape index (κ3) is 6.72. The van der Waals surface area contributed by atoms with Crippen LogP contribution in [0, 0.1) is 6.92 Å². The molecule has 3 aliphatic rings. The van der Waals surface area contributed by atoms with Gasteiger partial charge in [0.15, 0.2) is 0 Å². The molecule has 0 aliphatic carbocycles. The molecule has 0 radical (unpaired) electrons. The molecule has 0 bridgehead atoms. The van der Waals surface area contributed by atoms with E-state index < -0.39 is 11.7 Å². The van der Waals surface area contributed by atoms with Gasteiger partial charge in [0.2, 0.25) is 0 Å². The number of anilines is 1. The Kier molecular flexibility index (Phi) is 9.43. The number of fused-ring (bicyclic) bond motifs is 2. The average Bonchev–Trinajstić information content (AvgIpc) is 3.16. The van der Waals surface area contributed by atoms with E-state index in [2.05, 4.69) is 28.3 Å². The number of hydrogen-bond acceptors (Lipinski definition) is 4. The first-order valence-corrected chi connectivity index (χ1v) is 14.8. The third-order valence-corrected chi connectivity index (χ3v) is 9.10. The van der Waals surface area contributed by atoms with Crippen LogP contribution in [0.25, 0.3) is 0 Å². The Morgan fingerprint density at radius 3 is 2.42 bits per heavy atom. The standard InChI is InChI=1S/C24H26ClF3N2.C6H11NS/c1-16-5-6-18(14-20(16)24(26,27)28)4-3-11-30-12-9-23(10-13-30)17(2)29-22-8-7-19(25)15-21(22)23;1-2-7-3-5-8-6-4-7/h5-8,14-15,29H,2-4,9-13H2,1H3;2H,1,3-6H2. The number of likely N-dealkylation sites (tertiary alicyclic amines) is 1. The molecule has 0 amide bonds. The zero-order valence-corrected chi connectivity index (χ0v) is 23.6. The van der Waals surface area contributed by atoms with Crippen LogP contribution in [0.1, 0.15) is 41.5 Å². The number of rotatable bonds is 5. The van der Waals surface area contributed by atoms with Crippen molar-refractivity contribution < 1.29 is 13.2 Å². The monoisotopic (exact) mass is 563 g/mol. The Hall–Kier alpha value is -2.09.